The van der Waals surface area contributed by atoms with E-state index in [9.17, 15) is 4.79 Å². The molecule has 1 amide bonds. The van der Waals surface area contributed by atoms with E-state index in [1.54, 1.807) is 4.68 Å². The van der Waals surface area contributed by atoms with Crippen LogP contribution in [-0.4, -0.2) is 15.7 Å². The molecule has 0 aliphatic heterocycles. The molecule has 4 nitrogen and oxygen atoms in total. The zero-order chi connectivity index (χ0) is 14.7. The molecule has 2 aromatic rings. The molecule has 0 atom stereocenters. The number of nitrogens with one attached hydrogen (secondary N) is 1. The van der Waals surface area contributed by atoms with Gasteiger partial charge in [-0.3, -0.25) is 9.48 Å². The summed E-state index contributed by atoms with van der Waals surface area (Å²) in [6, 6.07) is 5.62. The van der Waals surface area contributed by atoms with Gasteiger partial charge in [0.2, 0.25) is 0 Å². The van der Waals surface area contributed by atoms with Gasteiger partial charge in [-0.1, -0.05) is 25.4 Å². The molecule has 0 saturated carbocycles. The minimum absolute atomic E-state index is 0.101. The standard InChI is InChI=1S/C14H18ClN3OS/c1-4-18-12(7-11(17-18)9(2)3)14(19)16-8-10-5-6-13(15)20-10/h5-7,9H,4,8H2,1-3H3,(H,16,19). The maximum Gasteiger partial charge on any atom is 0.269 e. The van der Waals surface area contributed by atoms with Crippen molar-refractivity contribution in [2.75, 3.05) is 0 Å². The highest BCUT2D eigenvalue weighted by Gasteiger charge is 2.16. The average molecular weight is 312 g/mol. The Kier molecular flexibility index (Phi) is 4.83. The van der Waals surface area contributed by atoms with Gasteiger partial charge in [0.05, 0.1) is 16.6 Å². The van der Waals surface area contributed by atoms with Crippen LogP contribution in [0.25, 0.3) is 0 Å². The first-order valence-electron chi connectivity index (χ1n) is 6.61. The van der Waals surface area contributed by atoms with E-state index in [1.165, 1.54) is 11.3 Å². The highest BCUT2D eigenvalue weighted by atomic mass is 35.5. The van der Waals surface area contributed by atoms with Crippen LogP contribution < -0.4 is 5.32 Å². The summed E-state index contributed by atoms with van der Waals surface area (Å²) in [5.41, 5.74) is 1.55. The summed E-state index contributed by atoms with van der Waals surface area (Å²) in [5.74, 6) is 0.209. The maximum absolute atomic E-state index is 12.2. The molecule has 0 aliphatic carbocycles. The van der Waals surface area contributed by atoms with Crippen molar-refractivity contribution >= 4 is 28.8 Å². The Labute approximate surface area is 127 Å². The van der Waals surface area contributed by atoms with Gasteiger partial charge < -0.3 is 5.32 Å². The fourth-order valence-electron chi connectivity index (χ4n) is 1.85. The lowest BCUT2D eigenvalue weighted by Crippen LogP contribution is -2.25. The highest BCUT2D eigenvalue weighted by molar-refractivity contribution is 7.16. The van der Waals surface area contributed by atoms with E-state index in [0.717, 1.165) is 14.9 Å². The number of rotatable bonds is 5. The Morgan fingerprint density at radius 2 is 2.25 bits per heavy atom. The van der Waals surface area contributed by atoms with Gasteiger partial charge in [0, 0.05) is 11.4 Å². The molecule has 2 heterocycles. The summed E-state index contributed by atoms with van der Waals surface area (Å²) in [4.78, 5) is 13.3. The number of aromatic nitrogens is 2. The molecule has 2 rings (SSSR count). The first-order chi connectivity index (χ1) is 9.51. The molecule has 2 aromatic heterocycles. The summed E-state index contributed by atoms with van der Waals surface area (Å²) in [7, 11) is 0. The lowest BCUT2D eigenvalue weighted by atomic mass is 10.1. The molecule has 108 valence electrons. The molecular formula is C14H18ClN3OS. The van der Waals surface area contributed by atoms with Gasteiger partial charge >= 0.3 is 0 Å². The third-order valence-electron chi connectivity index (χ3n) is 2.97. The normalized spacial score (nSPS) is 11.1. The zero-order valence-corrected chi connectivity index (χ0v) is 13.4. The van der Waals surface area contributed by atoms with Crippen molar-refractivity contribution in [1.29, 1.82) is 0 Å². The second kappa shape index (κ2) is 6.41. The van der Waals surface area contributed by atoms with Crippen LogP contribution in [0.4, 0.5) is 0 Å². The monoisotopic (exact) mass is 311 g/mol. The minimum Gasteiger partial charge on any atom is -0.346 e. The van der Waals surface area contributed by atoms with Gasteiger partial charge in [0.1, 0.15) is 5.69 Å². The van der Waals surface area contributed by atoms with Gasteiger partial charge in [-0.15, -0.1) is 11.3 Å². The van der Waals surface area contributed by atoms with Gasteiger partial charge in [-0.2, -0.15) is 5.10 Å². The summed E-state index contributed by atoms with van der Waals surface area (Å²) in [6.45, 7) is 7.28. The van der Waals surface area contributed by atoms with E-state index < -0.39 is 0 Å². The van der Waals surface area contributed by atoms with Crippen molar-refractivity contribution < 1.29 is 4.79 Å². The van der Waals surface area contributed by atoms with Crippen LogP contribution in [0.15, 0.2) is 18.2 Å². The number of hydrogen-bond donors (Lipinski definition) is 1. The summed E-state index contributed by atoms with van der Waals surface area (Å²) >= 11 is 7.34. The van der Waals surface area contributed by atoms with Crippen LogP contribution in [0.3, 0.4) is 0 Å². The zero-order valence-electron chi connectivity index (χ0n) is 11.8. The lowest BCUT2D eigenvalue weighted by molar-refractivity contribution is 0.0940. The second-order valence-corrected chi connectivity index (χ2v) is 6.61. The topological polar surface area (TPSA) is 46.9 Å². The van der Waals surface area contributed by atoms with Gasteiger partial charge in [0.15, 0.2) is 0 Å². The summed E-state index contributed by atoms with van der Waals surface area (Å²) < 4.78 is 2.47. The van der Waals surface area contributed by atoms with Crippen molar-refractivity contribution in [3.05, 3.63) is 38.8 Å². The van der Waals surface area contributed by atoms with Crippen LogP contribution in [0.1, 0.15) is 47.7 Å². The van der Waals surface area contributed by atoms with Crippen LogP contribution >= 0.6 is 22.9 Å². The quantitative estimate of drug-likeness (QED) is 0.915. The maximum atomic E-state index is 12.2. The van der Waals surface area contributed by atoms with Crippen molar-refractivity contribution in [2.24, 2.45) is 0 Å². The van der Waals surface area contributed by atoms with Crippen molar-refractivity contribution in [3.63, 3.8) is 0 Å². The van der Waals surface area contributed by atoms with Crippen LogP contribution in [-0.2, 0) is 13.1 Å². The van der Waals surface area contributed by atoms with E-state index >= 15 is 0 Å². The predicted molar refractivity (Wildman–Crippen MR) is 82.5 cm³/mol. The number of carbonyl (C=O) groups excluding carboxylic acids is 1. The predicted octanol–water partition coefficient (Wildman–Crippen LogP) is 3.67. The number of carbonyl (C=O) groups is 1. The van der Waals surface area contributed by atoms with Gasteiger partial charge in [0.25, 0.3) is 5.91 Å². The van der Waals surface area contributed by atoms with Gasteiger partial charge in [-0.25, -0.2) is 0 Å². The fourth-order valence-corrected chi connectivity index (χ4v) is 2.87. The van der Waals surface area contributed by atoms with Crippen LogP contribution in [0.2, 0.25) is 4.34 Å². The summed E-state index contributed by atoms with van der Waals surface area (Å²) in [6.07, 6.45) is 0. The molecule has 6 heteroatoms. The fraction of sp³-hybridized carbons (Fsp3) is 0.429. The number of aryl methyl sites for hydroxylation is 1. The SMILES string of the molecule is CCn1nc(C(C)C)cc1C(=O)NCc1ccc(Cl)s1. The van der Waals surface area contributed by atoms with Crippen molar-refractivity contribution in [2.45, 2.75) is 39.8 Å². The van der Waals surface area contributed by atoms with Crippen molar-refractivity contribution in [1.82, 2.24) is 15.1 Å². The largest absolute Gasteiger partial charge is 0.346 e. The van der Waals surface area contributed by atoms with Crippen molar-refractivity contribution in [3.8, 4) is 0 Å². The molecule has 0 unspecified atom stereocenters. The molecule has 0 aromatic carbocycles. The lowest BCUT2D eigenvalue weighted by Gasteiger charge is -2.05. The Balaban J connectivity index is 2.08. The molecule has 20 heavy (non-hydrogen) atoms. The third-order valence-corrected chi connectivity index (χ3v) is 4.21. The molecular weight excluding hydrogens is 294 g/mol. The third kappa shape index (κ3) is 3.41. The van der Waals surface area contributed by atoms with E-state index in [2.05, 4.69) is 24.3 Å². The Hall–Kier alpha value is -1.33. The van der Waals surface area contributed by atoms with E-state index in [-0.39, 0.29) is 5.91 Å². The molecule has 0 saturated heterocycles. The van der Waals surface area contributed by atoms with E-state index in [0.29, 0.717) is 24.7 Å². The Morgan fingerprint density at radius 1 is 1.50 bits per heavy atom. The molecule has 0 aliphatic rings. The van der Waals surface area contributed by atoms with Gasteiger partial charge in [-0.05, 0) is 31.0 Å². The number of nitrogens with zero attached hydrogens (tertiary/aromatic N) is 2. The number of halogens is 1. The number of thiophene rings is 1. The van der Waals surface area contributed by atoms with Crippen LogP contribution in [0, 0.1) is 0 Å². The van der Waals surface area contributed by atoms with E-state index in [1.807, 2.05) is 25.1 Å². The first kappa shape index (κ1) is 15.1. The smallest absolute Gasteiger partial charge is 0.269 e. The number of hydrogen-bond acceptors (Lipinski definition) is 3. The average Bonchev–Trinajstić information content (AvgIpc) is 3.01. The summed E-state index contributed by atoms with van der Waals surface area (Å²) in [5, 5.41) is 7.35. The first-order valence-corrected chi connectivity index (χ1v) is 7.80. The molecule has 0 fully saturated rings. The second-order valence-electron chi connectivity index (χ2n) is 4.81. The molecule has 0 spiro atoms. The number of amides is 1. The Bertz CT molecular complexity index is 603. The Morgan fingerprint density at radius 3 is 2.80 bits per heavy atom. The minimum atomic E-state index is -0.101. The van der Waals surface area contributed by atoms with E-state index in [4.69, 9.17) is 11.6 Å². The molecule has 1 N–H and O–H groups in total. The molecule has 0 bridgehead atoms. The molecule has 0 radical (unpaired) electrons. The van der Waals surface area contributed by atoms with Crippen LogP contribution in [0.5, 0.6) is 0 Å². The highest BCUT2D eigenvalue weighted by Crippen LogP contribution is 2.21.